The fourth-order valence-electron chi connectivity index (χ4n) is 1.85. The molecule has 2 aromatic rings. The number of hydrogen-bond acceptors (Lipinski definition) is 6. The van der Waals surface area contributed by atoms with Gasteiger partial charge in [0.25, 0.3) is 5.91 Å². The summed E-state index contributed by atoms with van der Waals surface area (Å²) in [5.74, 6) is -0.310. The number of nitriles is 1. The summed E-state index contributed by atoms with van der Waals surface area (Å²) in [6.07, 6.45) is 0. The monoisotopic (exact) mass is 434 g/mol. The Morgan fingerprint density at radius 3 is 2.58 bits per heavy atom. The van der Waals surface area contributed by atoms with Crippen molar-refractivity contribution in [2.45, 2.75) is 4.90 Å². The zero-order valence-electron chi connectivity index (χ0n) is 13.6. The predicted molar refractivity (Wildman–Crippen MR) is 102 cm³/mol. The van der Waals surface area contributed by atoms with Crippen molar-refractivity contribution in [3.05, 3.63) is 53.0 Å². The number of hydrogen-bond donors (Lipinski definition) is 1. The molecule has 0 aliphatic heterocycles. The number of rotatable bonds is 8. The molecule has 26 heavy (non-hydrogen) atoms. The van der Waals surface area contributed by atoms with Gasteiger partial charge in [-0.2, -0.15) is 5.26 Å². The maximum atomic E-state index is 11.9. The number of esters is 1. The first-order valence-corrected chi connectivity index (χ1v) is 9.29. The van der Waals surface area contributed by atoms with Gasteiger partial charge in [-0.25, -0.2) is 4.79 Å². The second-order valence-corrected chi connectivity index (χ2v) is 6.83. The van der Waals surface area contributed by atoms with Crippen molar-refractivity contribution in [1.82, 2.24) is 0 Å². The number of halogens is 1. The van der Waals surface area contributed by atoms with E-state index in [0.29, 0.717) is 11.4 Å². The molecule has 0 fully saturated rings. The minimum Gasteiger partial charge on any atom is -0.482 e. The minimum atomic E-state index is -0.643. The molecule has 6 nitrogen and oxygen atoms in total. The Bertz CT molecular complexity index is 806. The molecule has 0 heterocycles. The van der Waals surface area contributed by atoms with E-state index in [4.69, 9.17) is 14.7 Å². The summed E-state index contributed by atoms with van der Waals surface area (Å²) in [4.78, 5) is 24.4. The number of nitrogens with zero attached hydrogens (tertiary/aromatic N) is 1. The second-order valence-electron chi connectivity index (χ2n) is 4.89. The van der Waals surface area contributed by atoms with E-state index in [2.05, 4.69) is 21.2 Å². The summed E-state index contributed by atoms with van der Waals surface area (Å²) in [7, 11) is 0. The molecule has 8 heteroatoms. The summed E-state index contributed by atoms with van der Waals surface area (Å²) < 4.78 is 11.1. The van der Waals surface area contributed by atoms with E-state index >= 15 is 0 Å². The topological polar surface area (TPSA) is 88.4 Å². The average Bonchev–Trinajstić information content (AvgIpc) is 2.65. The number of carbonyl (C=O) groups is 2. The normalized spacial score (nSPS) is 9.85. The van der Waals surface area contributed by atoms with E-state index in [9.17, 15) is 9.59 Å². The van der Waals surface area contributed by atoms with Gasteiger partial charge in [0.15, 0.2) is 13.2 Å². The van der Waals surface area contributed by atoms with Crippen molar-refractivity contribution < 1.29 is 19.1 Å². The second kappa shape index (κ2) is 10.5. The molecule has 0 radical (unpaired) electrons. The van der Waals surface area contributed by atoms with Crippen LogP contribution >= 0.6 is 27.7 Å². The molecule has 0 bridgehead atoms. The lowest BCUT2D eigenvalue weighted by Crippen LogP contribution is -2.23. The standard InChI is InChI=1S/C18H15BrN2O4S/c19-13-5-7-14(8-6-13)24-12-18(23)25-11-17(22)21-15-3-1-2-4-16(15)26-10-9-20/h1-8H,10-12H2,(H,21,22). The zero-order valence-corrected chi connectivity index (χ0v) is 16.0. The lowest BCUT2D eigenvalue weighted by atomic mass is 10.3. The van der Waals surface area contributed by atoms with Gasteiger partial charge in [-0.05, 0) is 36.4 Å². The van der Waals surface area contributed by atoms with E-state index in [1.807, 2.05) is 12.1 Å². The molecule has 2 aromatic carbocycles. The van der Waals surface area contributed by atoms with E-state index in [0.717, 1.165) is 9.37 Å². The third-order valence-corrected chi connectivity index (χ3v) is 4.46. The number of benzene rings is 2. The van der Waals surface area contributed by atoms with Crippen LogP contribution in [0.2, 0.25) is 0 Å². The van der Waals surface area contributed by atoms with E-state index in [1.54, 1.807) is 42.5 Å². The molecular weight excluding hydrogens is 420 g/mol. The van der Waals surface area contributed by atoms with Crippen LogP contribution in [0.5, 0.6) is 5.75 Å². The first kappa shape index (κ1) is 19.8. The van der Waals surface area contributed by atoms with Crippen molar-refractivity contribution >= 4 is 45.3 Å². The highest BCUT2D eigenvalue weighted by atomic mass is 79.9. The molecule has 2 rings (SSSR count). The summed E-state index contributed by atoms with van der Waals surface area (Å²) in [6.45, 7) is -0.705. The number of amides is 1. The molecule has 1 amide bonds. The van der Waals surface area contributed by atoms with Gasteiger partial charge in [0.05, 0.1) is 17.5 Å². The fourth-order valence-corrected chi connectivity index (χ4v) is 2.79. The lowest BCUT2D eigenvalue weighted by molar-refractivity contribution is -0.149. The zero-order chi connectivity index (χ0) is 18.8. The van der Waals surface area contributed by atoms with Crippen molar-refractivity contribution in [1.29, 1.82) is 5.26 Å². The summed E-state index contributed by atoms with van der Waals surface area (Å²) in [5.41, 5.74) is 0.569. The molecule has 0 spiro atoms. The number of anilines is 1. The summed E-state index contributed by atoms with van der Waals surface area (Å²) in [6, 6.07) is 16.1. The largest absolute Gasteiger partial charge is 0.482 e. The molecule has 0 aromatic heterocycles. The van der Waals surface area contributed by atoms with Crippen LogP contribution in [-0.2, 0) is 14.3 Å². The van der Waals surface area contributed by atoms with Crippen LogP contribution in [-0.4, -0.2) is 30.8 Å². The quantitative estimate of drug-likeness (QED) is 0.503. The van der Waals surface area contributed by atoms with E-state index in [1.165, 1.54) is 11.8 Å². The summed E-state index contributed by atoms with van der Waals surface area (Å²) in [5, 5.41) is 11.3. The molecular formula is C18H15BrN2O4S. The minimum absolute atomic E-state index is 0.273. The van der Waals surface area contributed by atoms with Crippen LogP contribution in [0.3, 0.4) is 0 Å². The number of ether oxygens (including phenoxy) is 2. The van der Waals surface area contributed by atoms with Crippen LogP contribution in [0.1, 0.15) is 0 Å². The molecule has 0 atom stereocenters. The van der Waals surface area contributed by atoms with Crippen LogP contribution in [0.25, 0.3) is 0 Å². The number of carbonyl (C=O) groups excluding carboxylic acids is 2. The summed E-state index contributed by atoms with van der Waals surface area (Å²) >= 11 is 4.62. The smallest absolute Gasteiger partial charge is 0.344 e. The van der Waals surface area contributed by atoms with Crippen LogP contribution in [0.4, 0.5) is 5.69 Å². The number of para-hydroxylation sites is 1. The first-order valence-electron chi connectivity index (χ1n) is 7.51. The Hall–Kier alpha value is -2.50. The van der Waals surface area contributed by atoms with Crippen molar-refractivity contribution in [3.8, 4) is 11.8 Å². The van der Waals surface area contributed by atoms with Crippen molar-refractivity contribution in [2.75, 3.05) is 24.3 Å². The first-order chi connectivity index (χ1) is 12.6. The maximum absolute atomic E-state index is 11.9. The van der Waals surface area contributed by atoms with Crippen LogP contribution in [0, 0.1) is 11.3 Å². The number of thioether (sulfide) groups is 1. The van der Waals surface area contributed by atoms with Gasteiger partial charge in [0.2, 0.25) is 0 Å². The van der Waals surface area contributed by atoms with Crippen LogP contribution < -0.4 is 10.1 Å². The highest BCUT2D eigenvalue weighted by molar-refractivity contribution is 9.10. The molecule has 0 aliphatic rings. The molecule has 0 saturated heterocycles. The van der Waals surface area contributed by atoms with Crippen molar-refractivity contribution in [2.24, 2.45) is 0 Å². The third-order valence-electron chi connectivity index (χ3n) is 2.99. The van der Waals surface area contributed by atoms with Gasteiger partial charge in [-0.1, -0.05) is 28.1 Å². The fraction of sp³-hybridized carbons (Fsp3) is 0.167. The van der Waals surface area contributed by atoms with E-state index in [-0.39, 0.29) is 12.4 Å². The van der Waals surface area contributed by atoms with Crippen molar-refractivity contribution in [3.63, 3.8) is 0 Å². The van der Waals surface area contributed by atoms with Gasteiger partial charge >= 0.3 is 5.97 Å². The van der Waals surface area contributed by atoms with Gasteiger partial charge in [0.1, 0.15) is 5.75 Å². The molecule has 0 aliphatic carbocycles. The Morgan fingerprint density at radius 1 is 1.12 bits per heavy atom. The maximum Gasteiger partial charge on any atom is 0.344 e. The highest BCUT2D eigenvalue weighted by Gasteiger charge is 2.11. The van der Waals surface area contributed by atoms with Gasteiger partial charge in [0, 0.05) is 9.37 Å². The van der Waals surface area contributed by atoms with Gasteiger partial charge in [-0.3, -0.25) is 4.79 Å². The van der Waals surface area contributed by atoms with Gasteiger partial charge < -0.3 is 14.8 Å². The predicted octanol–water partition coefficient (Wildman–Crippen LogP) is 3.63. The highest BCUT2D eigenvalue weighted by Crippen LogP contribution is 2.26. The Labute approximate surface area is 163 Å². The number of nitrogens with one attached hydrogen (secondary N) is 1. The Morgan fingerprint density at radius 2 is 1.85 bits per heavy atom. The SMILES string of the molecule is N#CCSc1ccccc1NC(=O)COC(=O)COc1ccc(Br)cc1. The van der Waals surface area contributed by atoms with Gasteiger partial charge in [-0.15, -0.1) is 11.8 Å². The molecule has 134 valence electrons. The van der Waals surface area contributed by atoms with Crippen LogP contribution in [0.15, 0.2) is 57.9 Å². The Kier molecular flexibility index (Phi) is 7.99. The lowest BCUT2D eigenvalue weighted by Gasteiger charge is -2.10. The third kappa shape index (κ3) is 6.78. The molecule has 1 N–H and O–H groups in total. The average molecular weight is 435 g/mol. The Balaban J connectivity index is 1.77. The molecule has 0 unspecified atom stereocenters. The molecule has 0 saturated carbocycles. The van der Waals surface area contributed by atoms with E-state index < -0.39 is 18.5 Å².